The van der Waals surface area contributed by atoms with Gasteiger partial charge in [0.15, 0.2) is 0 Å². The SMILES string of the molecule is CCCCCC.[2Li][CH2]CCC. The maximum absolute atomic E-state index is 2.23. The van der Waals surface area contributed by atoms with Crippen LogP contribution in [0, 0.1) is 0 Å². The quantitative estimate of drug-likeness (QED) is 0.406. The van der Waals surface area contributed by atoms with Crippen molar-refractivity contribution in [3.63, 3.8) is 0 Å². The summed E-state index contributed by atoms with van der Waals surface area (Å²) in [5, 5.41) is 1.34. The van der Waals surface area contributed by atoms with Gasteiger partial charge in [0.1, 0.15) is 0 Å². The fourth-order valence-electron chi connectivity index (χ4n) is 0.854. The molecule has 0 atom stereocenters. The van der Waals surface area contributed by atoms with Crippen molar-refractivity contribution in [1.29, 1.82) is 0 Å². The Morgan fingerprint density at radius 1 is 0.727 bits per heavy atom. The summed E-state index contributed by atoms with van der Waals surface area (Å²) in [6.45, 7) is 6.68. The summed E-state index contributed by atoms with van der Waals surface area (Å²) in [7, 11) is 0. The second kappa shape index (κ2) is 16.9. The van der Waals surface area contributed by atoms with Crippen molar-refractivity contribution < 1.29 is 0 Å². The van der Waals surface area contributed by atoms with E-state index in [0.717, 1.165) is 0 Å². The maximum atomic E-state index is 2.23. The summed E-state index contributed by atoms with van der Waals surface area (Å²) in [6.07, 6.45) is 8.27. The first kappa shape index (κ1) is 14.1. The van der Waals surface area contributed by atoms with Crippen LogP contribution < -0.4 is 0 Å². The molecule has 0 aliphatic rings. The van der Waals surface area contributed by atoms with E-state index >= 15 is 0 Å². The van der Waals surface area contributed by atoms with Crippen LogP contribution in [0.3, 0.4) is 0 Å². The van der Waals surface area contributed by atoms with Crippen LogP contribution in [0.4, 0.5) is 0 Å². The Balaban J connectivity index is 0. The van der Waals surface area contributed by atoms with Crippen molar-refractivity contribution in [1.82, 2.24) is 0 Å². The van der Waals surface area contributed by atoms with E-state index in [1.807, 2.05) is 0 Å². The third-order valence-electron chi connectivity index (χ3n) is 1.66. The molecule has 0 heterocycles. The Morgan fingerprint density at radius 3 is 1.18 bits per heavy atom. The zero-order valence-electron chi connectivity index (χ0n) is 8.95. The Hall–Kier alpha value is 0.597. The normalized spacial score (nSPS) is 8.82. The molecular weight excluding hydrogens is 122 g/mol. The van der Waals surface area contributed by atoms with Crippen LogP contribution in [-0.4, -0.2) is 17.7 Å². The Morgan fingerprint density at radius 2 is 1.09 bits per heavy atom. The summed E-state index contributed by atoms with van der Waals surface area (Å²) in [5.74, 6) is 0. The molecule has 0 spiro atoms. The molecular formula is C10H23Li. The fourth-order valence-corrected chi connectivity index (χ4v) is 0.854. The van der Waals surface area contributed by atoms with Gasteiger partial charge in [-0.15, -0.1) is 0 Å². The van der Waals surface area contributed by atoms with E-state index in [4.69, 9.17) is 0 Å². The van der Waals surface area contributed by atoms with Crippen molar-refractivity contribution in [2.45, 2.75) is 64.4 Å². The Kier molecular flexibility index (Phi) is 21.7. The minimum atomic E-state index is 1.34. The third-order valence-corrected chi connectivity index (χ3v) is 1.66. The molecule has 0 saturated heterocycles. The van der Waals surface area contributed by atoms with E-state index in [0.29, 0.717) is 0 Å². The van der Waals surface area contributed by atoms with Crippen LogP contribution in [0.25, 0.3) is 0 Å². The van der Waals surface area contributed by atoms with Gasteiger partial charge in [-0.3, -0.25) is 0 Å². The van der Waals surface area contributed by atoms with Gasteiger partial charge in [-0.1, -0.05) is 39.5 Å². The van der Waals surface area contributed by atoms with Crippen LogP contribution in [0.1, 0.15) is 59.3 Å². The van der Waals surface area contributed by atoms with Crippen LogP contribution in [-0.2, 0) is 0 Å². The molecule has 0 fully saturated rings. The molecule has 0 rings (SSSR count). The van der Waals surface area contributed by atoms with Gasteiger partial charge in [0, 0.05) is 0 Å². The standard InChI is InChI=1S/C6H14.C4H9.Li/c1-3-5-6-4-2;1-3-4-2;/h3-6H2,1-2H3;1,3-4H2,2H3;/i;;1-5. The van der Waals surface area contributed by atoms with Crippen LogP contribution in [0.5, 0.6) is 0 Å². The first-order valence-electron chi connectivity index (χ1n) is 5.33. The summed E-state index contributed by atoms with van der Waals surface area (Å²) >= 11 is 2.21. The van der Waals surface area contributed by atoms with E-state index < -0.39 is 0 Å². The van der Waals surface area contributed by atoms with Crippen LogP contribution >= 0.6 is 0 Å². The van der Waals surface area contributed by atoms with Crippen molar-refractivity contribution in [2.75, 3.05) is 0 Å². The van der Waals surface area contributed by atoms with Crippen LogP contribution in [0.15, 0.2) is 0 Å². The van der Waals surface area contributed by atoms with Crippen molar-refractivity contribution in [3.05, 3.63) is 0 Å². The summed E-state index contributed by atoms with van der Waals surface area (Å²) < 4.78 is 0. The molecule has 0 aliphatic heterocycles. The van der Waals surface area contributed by atoms with Gasteiger partial charge < -0.3 is 0 Å². The predicted molar refractivity (Wildman–Crippen MR) is 55.3 cm³/mol. The zero-order valence-corrected chi connectivity index (χ0v) is 8.95. The van der Waals surface area contributed by atoms with Gasteiger partial charge in [-0.2, -0.15) is 0 Å². The predicted octanol–water partition coefficient (Wildman–Crippen LogP) is 3.96. The van der Waals surface area contributed by atoms with E-state index in [1.54, 1.807) is 0 Å². The molecule has 0 aromatic carbocycles. The van der Waals surface area contributed by atoms with Gasteiger partial charge in [0.05, 0.1) is 0 Å². The Bertz CT molecular complexity index is 38.1. The molecule has 64 valence electrons. The number of hydrogen-bond acceptors (Lipinski definition) is 0. The van der Waals surface area contributed by atoms with E-state index in [9.17, 15) is 0 Å². The molecule has 0 nitrogen and oxygen atoms in total. The molecule has 0 saturated carbocycles. The Labute approximate surface area is 82.4 Å². The fraction of sp³-hybridized carbons (Fsp3) is 1.00. The van der Waals surface area contributed by atoms with E-state index in [1.165, 1.54) is 43.6 Å². The average Bonchev–Trinajstić information content (AvgIpc) is 2.04. The molecule has 0 aromatic rings. The number of hydrogen-bond donors (Lipinski definition) is 0. The molecule has 0 aliphatic carbocycles. The molecule has 0 radical (unpaired) electrons. The summed E-state index contributed by atoms with van der Waals surface area (Å²) in [6, 6.07) is 0. The van der Waals surface area contributed by atoms with E-state index in [-0.39, 0.29) is 0 Å². The summed E-state index contributed by atoms with van der Waals surface area (Å²) in [4.78, 5) is 0. The molecule has 0 N–H and O–H groups in total. The van der Waals surface area contributed by atoms with Gasteiger partial charge in [0.25, 0.3) is 0 Å². The molecule has 0 bridgehead atoms. The second-order valence-corrected chi connectivity index (χ2v) is 3.06. The van der Waals surface area contributed by atoms with Crippen molar-refractivity contribution >= 4 is 17.7 Å². The van der Waals surface area contributed by atoms with E-state index in [2.05, 4.69) is 38.5 Å². The zero-order chi connectivity index (χ0) is 8.95. The molecule has 0 aromatic heterocycles. The molecule has 0 amide bonds. The van der Waals surface area contributed by atoms with Crippen molar-refractivity contribution in [3.8, 4) is 0 Å². The van der Waals surface area contributed by atoms with Gasteiger partial charge in [0.2, 0.25) is 0 Å². The first-order chi connectivity index (χ1) is 5.33. The van der Waals surface area contributed by atoms with Gasteiger partial charge >= 0.3 is 42.6 Å². The molecule has 1 heteroatoms. The second-order valence-electron chi connectivity index (χ2n) is 3.06. The number of rotatable bonds is 5. The number of unbranched alkanes of at least 4 members (excludes halogenated alkanes) is 4. The van der Waals surface area contributed by atoms with Gasteiger partial charge in [-0.25, -0.2) is 0 Å². The van der Waals surface area contributed by atoms with Crippen LogP contribution in [0.2, 0.25) is 5.09 Å². The average molecular weight is 145 g/mol. The molecule has 0 unspecified atom stereocenters. The first-order valence-corrected chi connectivity index (χ1v) is 5.33. The van der Waals surface area contributed by atoms with Gasteiger partial charge in [-0.05, 0) is 0 Å². The molecule has 11 heavy (non-hydrogen) atoms. The van der Waals surface area contributed by atoms with Crippen molar-refractivity contribution in [2.24, 2.45) is 0 Å². The minimum absolute atomic E-state index is 1.34. The topological polar surface area (TPSA) is 0 Å². The third kappa shape index (κ3) is 25.0. The summed E-state index contributed by atoms with van der Waals surface area (Å²) in [5.41, 5.74) is 0. The monoisotopic (exact) mass is 145 g/mol.